The van der Waals surface area contributed by atoms with Crippen LogP contribution in [0.2, 0.25) is 0 Å². The summed E-state index contributed by atoms with van der Waals surface area (Å²) in [6.07, 6.45) is 0. The number of hydrogen-bond donors (Lipinski definition) is 1. The number of carbonyl (C=O) groups excluding carboxylic acids is 1. The molecule has 0 aliphatic carbocycles. The molecule has 0 saturated carbocycles. The van der Waals surface area contributed by atoms with E-state index in [1.54, 1.807) is 24.3 Å². The number of benzene rings is 2. The molecule has 0 aliphatic heterocycles. The zero-order valence-electron chi connectivity index (χ0n) is 11.3. The van der Waals surface area contributed by atoms with Gasteiger partial charge in [0.15, 0.2) is 0 Å². The topological polar surface area (TPSA) is 57.6 Å². The highest BCUT2D eigenvalue weighted by Crippen LogP contribution is 2.26. The molecule has 0 spiro atoms. The summed E-state index contributed by atoms with van der Waals surface area (Å²) in [5.74, 6) is -2.45. The van der Waals surface area contributed by atoms with E-state index in [-0.39, 0.29) is 0 Å². The average Bonchev–Trinajstić information content (AvgIpc) is 2.43. The summed E-state index contributed by atoms with van der Waals surface area (Å²) in [7, 11) is 0. The van der Waals surface area contributed by atoms with Crippen molar-refractivity contribution in [1.82, 2.24) is 0 Å². The van der Waals surface area contributed by atoms with Crippen molar-refractivity contribution in [2.75, 3.05) is 4.90 Å². The second-order valence-electron chi connectivity index (χ2n) is 4.62. The fourth-order valence-corrected chi connectivity index (χ4v) is 1.87. The van der Waals surface area contributed by atoms with Gasteiger partial charge < -0.3 is 5.11 Å². The van der Waals surface area contributed by atoms with Crippen LogP contribution in [-0.4, -0.2) is 17.0 Å². The number of aryl methyl sites for hydroxylation is 2. The van der Waals surface area contributed by atoms with Gasteiger partial charge in [-0.15, -0.1) is 0 Å². The molecule has 0 atom stereocenters. The maximum atomic E-state index is 11.9. The first-order chi connectivity index (χ1) is 9.49. The summed E-state index contributed by atoms with van der Waals surface area (Å²) >= 11 is 0. The predicted octanol–water partition coefficient (Wildman–Crippen LogP) is 3.05. The van der Waals surface area contributed by atoms with E-state index in [1.165, 1.54) is 4.90 Å². The van der Waals surface area contributed by atoms with E-state index < -0.39 is 11.9 Å². The van der Waals surface area contributed by atoms with Crippen LogP contribution in [0.4, 0.5) is 11.4 Å². The quantitative estimate of drug-likeness (QED) is 0.852. The van der Waals surface area contributed by atoms with Gasteiger partial charge in [0.1, 0.15) is 0 Å². The van der Waals surface area contributed by atoms with E-state index in [9.17, 15) is 9.59 Å². The van der Waals surface area contributed by atoms with Gasteiger partial charge >= 0.3 is 11.9 Å². The van der Waals surface area contributed by atoms with Crippen molar-refractivity contribution < 1.29 is 14.7 Å². The maximum absolute atomic E-state index is 11.9. The molecule has 2 aromatic carbocycles. The minimum atomic E-state index is -1.48. The molecule has 4 nitrogen and oxygen atoms in total. The summed E-state index contributed by atoms with van der Waals surface area (Å²) in [5.41, 5.74) is 3.15. The number of amides is 1. The standard InChI is InChI=1S/C16H15NO3/c1-11-3-7-13(8-4-11)17(15(18)16(19)20)14-9-5-12(2)6-10-14/h3-10H,1-2H3,(H,19,20). The van der Waals surface area contributed by atoms with Crippen LogP contribution in [0.25, 0.3) is 0 Å². The lowest BCUT2D eigenvalue weighted by Crippen LogP contribution is -2.32. The fourth-order valence-electron chi connectivity index (χ4n) is 1.87. The molecular weight excluding hydrogens is 254 g/mol. The molecule has 20 heavy (non-hydrogen) atoms. The molecule has 0 radical (unpaired) electrons. The Balaban J connectivity index is 2.49. The van der Waals surface area contributed by atoms with Crippen LogP contribution in [0.5, 0.6) is 0 Å². The van der Waals surface area contributed by atoms with Crippen LogP contribution in [0.15, 0.2) is 48.5 Å². The Kier molecular flexibility index (Phi) is 3.84. The Labute approximate surface area is 117 Å². The van der Waals surface area contributed by atoms with Crippen molar-refractivity contribution in [3.8, 4) is 0 Å². The van der Waals surface area contributed by atoms with Gasteiger partial charge in [-0.2, -0.15) is 0 Å². The summed E-state index contributed by atoms with van der Waals surface area (Å²) in [4.78, 5) is 24.2. The van der Waals surface area contributed by atoms with Gasteiger partial charge in [-0.25, -0.2) is 4.79 Å². The van der Waals surface area contributed by atoms with Crippen LogP contribution in [0, 0.1) is 13.8 Å². The first-order valence-corrected chi connectivity index (χ1v) is 6.20. The summed E-state index contributed by atoms with van der Waals surface area (Å²) in [6.45, 7) is 3.86. The highest BCUT2D eigenvalue weighted by atomic mass is 16.4. The highest BCUT2D eigenvalue weighted by molar-refractivity contribution is 6.39. The second-order valence-corrected chi connectivity index (χ2v) is 4.62. The summed E-state index contributed by atoms with van der Waals surface area (Å²) < 4.78 is 0. The largest absolute Gasteiger partial charge is 0.474 e. The minimum Gasteiger partial charge on any atom is -0.474 e. The van der Waals surface area contributed by atoms with Crippen molar-refractivity contribution in [2.45, 2.75) is 13.8 Å². The maximum Gasteiger partial charge on any atom is 0.395 e. The van der Waals surface area contributed by atoms with Crippen LogP contribution in [0.1, 0.15) is 11.1 Å². The van der Waals surface area contributed by atoms with Gasteiger partial charge in [0.2, 0.25) is 0 Å². The van der Waals surface area contributed by atoms with Crippen molar-refractivity contribution in [2.24, 2.45) is 0 Å². The number of anilines is 2. The van der Waals surface area contributed by atoms with E-state index in [0.29, 0.717) is 11.4 Å². The van der Waals surface area contributed by atoms with Gasteiger partial charge in [-0.3, -0.25) is 9.69 Å². The first-order valence-electron chi connectivity index (χ1n) is 6.20. The molecule has 102 valence electrons. The summed E-state index contributed by atoms with van der Waals surface area (Å²) in [6, 6.07) is 14.3. The van der Waals surface area contributed by atoms with Crippen LogP contribution in [0.3, 0.4) is 0 Å². The van der Waals surface area contributed by atoms with E-state index in [1.807, 2.05) is 38.1 Å². The Bertz CT molecular complexity index is 584. The smallest absolute Gasteiger partial charge is 0.395 e. The van der Waals surface area contributed by atoms with Crippen LogP contribution >= 0.6 is 0 Å². The number of nitrogens with zero attached hydrogens (tertiary/aromatic N) is 1. The molecule has 0 fully saturated rings. The van der Waals surface area contributed by atoms with Gasteiger partial charge in [0.05, 0.1) is 0 Å². The second kappa shape index (κ2) is 5.57. The molecule has 0 saturated heterocycles. The third kappa shape index (κ3) is 2.85. The molecule has 1 amide bonds. The summed E-state index contributed by atoms with van der Waals surface area (Å²) in [5, 5.41) is 8.99. The molecule has 1 N–H and O–H groups in total. The molecule has 0 aromatic heterocycles. The zero-order valence-corrected chi connectivity index (χ0v) is 11.3. The van der Waals surface area contributed by atoms with E-state index in [4.69, 9.17) is 5.11 Å². The molecule has 0 aliphatic rings. The lowest BCUT2D eigenvalue weighted by Gasteiger charge is -2.21. The monoisotopic (exact) mass is 269 g/mol. The van der Waals surface area contributed by atoms with Crippen LogP contribution < -0.4 is 4.90 Å². The Morgan fingerprint density at radius 1 is 0.800 bits per heavy atom. The number of carbonyl (C=O) groups is 2. The number of aliphatic carboxylic acids is 1. The molecule has 0 bridgehead atoms. The fraction of sp³-hybridized carbons (Fsp3) is 0.125. The average molecular weight is 269 g/mol. The van der Waals surface area contributed by atoms with Gasteiger partial charge in [0.25, 0.3) is 0 Å². The Morgan fingerprint density at radius 3 is 1.45 bits per heavy atom. The zero-order chi connectivity index (χ0) is 14.7. The lowest BCUT2D eigenvalue weighted by molar-refractivity contribution is -0.148. The van der Waals surface area contributed by atoms with E-state index in [2.05, 4.69) is 0 Å². The van der Waals surface area contributed by atoms with Crippen molar-refractivity contribution in [3.05, 3.63) is 59.7 Å². The number of carboxylic acid groups (broad SMARTS) is 1. The van der Waals surface area contributed by atoms with Gasteiger partial charge in [0, 0.05) is 11.4 Å². The number of rotatable bonds is 2. The van der Waals surface area contributed by atoms with Crippen molar-refractivity contribution in [1.29, 1.82) is 0 Å². The molecular formula is C16H15NO3. The first kappa shape index (κ1) is 13.8. The lowest BCUT2D eigenvalue weighted by atomic mass is 10.1. The molecule has 4 heteroatoms. The van der Waals surface area contributed by atoms with Crippen molar-refractivity contribution >= 4 is 23.3 Å². The molecule has 2 rings (SSSR count). The van der Waals surface area contributed by atoms with Gasteiger partial charge in [-0.1, -0.05) is 35.4 Å². The third-order valence-corrected chi connectivity index (χ3v) is 2.97. The molecule has 2 aromatic rings. The molecule has 0 unspecified atom stereocenters. The third-order valence-electron chi connectivity index (χ3n) is 2.97. The SMILES string of the molecule is Cc1ccc(N(C(=O)C(=O)O)c2ccc(C)cc2)cc1. The number of carboxylic acids is 1. The highest BCUT2D eigenvalue weighted by Gasteiger charge is 2.24. The predicted molar refractivity (Wildman–Crippen MR) is 77.1 cm³/mol. The number of hydrogen-bond acceptors (Lipinski definition) is 2. The van der Waals surface area contributed by atoms with Gasteiger partial charge in [-0.05, 0) is 38.1 Å². The molecule has 0 heterocycles. The van der Waals surface area contributed by atoms with E-state index in [0.717, 1.165) is 11.1 Å². The Morgan fingerprint density at radius 2 is 1.15 bits per heavy atom. The normalized spacial score (nSPS) is 10.1. The van der Waals surface area contributed by atoms with Crippen LogP contribution in [-0.2, 0) is 9.59 Å². The van der Waals surface area contributed by atoms with E-state index >= 15 is 0 Å². The minimum absolute atomic E-state index is 0.534. The van der Waals surface area contributed by atoms with Crippen molar-refractivity contribution in [3.63, 3.8) is 0 Å². The Hall–Kier alpha value is -2.62.